The standard InChI is InChI=1S/C11H22O4S/c1-3-4-7-15-16(13,14)11(5-6-11)8-10(2)9-12/h10,12H,3-9H2,1-2H3. The first-order chi connectivity index (χ1) is 7.47. The summed E-state index contributed by atoms with van der Waals surface area (Å²) in [5.74, 6) is 0.0204. The van der Waals surface area contributed by atoms with Gasteiger partial charge in [0, 0.05) is 6.61 Å². The van der Waals surface area contributed by atoms with Crippen LogP contribution in [0.2, 0.25) is 0 Å². The molecule has 1 atom stereocenters. The van der Waals surface area contributed by atoms with Gasteiger partial charge in [0.1, 0.15) is 0 Å². The SMILES string of the molecule is CCCCOS(=O)(=O)C1(CC(C)CO)CC1. The second kappa shape index (κ2) is 5.47. The molecule has 16 heavy (non-hydrogen) atoms. The number of aliphatic hydroxyl groups excluding tert-OH is 1. The Hall–Kier alpha value is -0.130. The van der Waals surface area contributed by atoms with E-state index in [1.54, 1.807) is 0 Å². The average Bonchev–Trinajstić information content (AvgIpc) is 2.99. The van der Waals surface area contributed by atoms with E-state index in [1.807, 2.05) is 13.8 Å². The van der Waals surface area contributed by atoms with Gasteiger partial charge < -0.3 is 5.11 Å². The summed E-state index contributed by atoms with van der Waals surface area (Å²) in [6.07, 6.45) is 3.55. The average molecular weight is 250 g/mol. The van der Waals surface area contributed by atoms with Gasteiger partial charge in [-0.05, 0) is 31.6 Å². The number of aliphatic hydroxyl groups is 1. The van der Waals surface area contributed by atoms with Crippen LogP contribution in [0.5, 0.6) is 0 Å². The molecule has 0 aromatic rings. The van der Waals surface area contributed by atoms with Gasteiger partial charge in [0.2, 0.25) is 0 Å². The third kappa shape index (κ3) is 3.18. The predicted octanol–water partition coefficient (Wildman–Crippen LogP) is 1.68. The molecular formula is C11H22O4S. The molecule has 0 heterocycles. The lowest BCUT2D eigenvalue weighted by atomic mass is 10.1. The number of hydrogen-bond donors (Lipinski definition) is 1. The lowest BCUT2D eigenvalue weighted by Gasteiger charge is -2.18. The topological polar surface area (TPSA) is 63.6 Å². The van der Waals surface area contributed by atoms with E-state index in [1.165, 1.54) is 0 Å². The number of rotatable bonds is 8. The van der Waals surface area contributed by atoms with Gasteiger partial charge in [0.25, 0.3) is 10.1 Å². The molecule has 1 aliphatic carbocycles. The summed E-state index contributed by atoms with van der Waals surface area (Å²) in [5, 5.41) is 8.97. The van der Waals surface area contributed by atoms with Crippen LogP contribution >= 0.6 is 0 Å². The molecule has 1 fully saturated rings. The van der Waals surface area contributed by atoms with Crippen molar-refractivity contribution >= 4 is 10.1 Å². The summed E-state index contributed by atoms with van der Waals surface area (Å²) >= 11 is 0. The fourth-order valence-electron chi connectivity index (χ4n) is 1.83. The Labute approximate surface area is 98.1 Å². The van der Waals surface area contributed by atoms with Gasteiger partial charge in [-0.15, -0.1) is 0 Å². The van der Waals surface area contributed by atoms with Crippen molar-refractivity contribution < 1.29 is 17.7 Å². The fraction of sp³-hybridized carbons (Fsp3) is 1.00. The maximum atomic E-state index is 11.9. The first kappa shape index (κ1) is 13.9. The Bertz CT molecular complexity index is 306. The Balaban J connectivity index is 2.54. The lowest BCUT2D eigenvalue weighted by molar-refractivity contribution is 0.223. The van der Waals surface area contributed by atoms with E-state index in [0.29, 0.717) is 19.3 Å². The molecule has 1 rings (SSSR count). The molecule has 5 heteroatoms. The highest BCUT2D eigenvalue weighted by molar-refractivity contribution is 7.88. The van der Waals surface area contributed by atoms with E-state index in [0.717, 1.165) is 12.8 Å². The van der Waals surface area contributed by atoms with E-state index in [4.69, 9.17) is 9.29 Å². The van der Waals surface area contributed by atoms with Crippen molar-refractivity contribution in [3.05, 3.63) is 0 Å². The zero-order chi connectivity index (χ0) is 12.2. The van der Waals surface area contributed by atoms with Gasteiger partial charge in [-0.2, -0.15) is 8.42 Å². The molecule has 1 aliphatic rings. The van der Waals surface area contributed by atoms with Gasteiger partial charge in [0.15, 0.2) is 0 Å². The highest BCUT2D eigenvalue weighted by Crippen LogP contribution is 2.49. The molecule has 0 spiro atoms. The van der Waals surface area contributed by atoms with Gasteiger partial charge in [-0.25, -0.2) is 0 Å². The van der Waals surface area contributed by atoms with Crippen molar-refractivity contribution in [1.29, 1.82) is 0 Å². The first-order valence-corrected chi connectivity index (χ1v) is 7.38. The minimum Gasteiger partial charge on any atom is -0.396 e. The monoisotopic (exact) mass is 250 g/mol. The Morgan fingerprint density at radius 2 is 2.06 bits per heavy atom. The largest absolute Gasteiger partial charge is 0.396 e. The molecule has 0 bridgehead atoms. The zero-order valence-corrected chi connectivity index (χ0v) is 10.9. The summed E-state index contributed by atoms with van der Waals surface area (Å²) in [6.45, 7) is 4.18. The minimum absolute atomic E-state index is 0.0204. The summed E-state index contributed by atoms with van der Waals surface area (Å²) in [7, 11) is -3.44. The van der Waals surface area contributed by atoms with Crippen molar-refractivity contribution in [2.24, 2.45) is 5.92 Å². The lowest BCUT2D eigenvalue weighted by Crippen LogP contribution is -2.28. The normalized spacial score (nSPS) is 20.7. The molecule has 0 aliphatic heterocycles. The summed E-state index contributed by atoms with van der Waals surface area (Å²) in [4.78, 5) is 0. The molecular weight excluding hydrogens is 228 g/mol. The molecule has 4 nitrogen and oxygen atoms in total. The minimum atomic E-state index is -3.44. The summed E-state index contributed by atoms with van der Waals surface area (Å²) in [5.41, 5.74) is 0. The van der Waals surface area contributed by atoms with Gasteiger partial charge >= 0.3 is 0 Å². The van der Waals surface area contributed by atoms with E-state index < -0.39 is 14.9 Å². The van der Waals surface area contributed by atoms with Crippen molar-refractivity contribution in [1.82, 2.24) is 0 Å². The van der Waals surface area contributed by atoms with Crippen LogP contribution in [0.1, 0.15) is 46.0 Å². The van der Waals surface area contributed by atoms with E-state index in [-0.39, 0.29) is 19.1 Å². The second-order valence-electron chi connectivity index (χ2n) is 4.80. The molecule has 96 valence electrons. The first-order valence-electron chi connectivity index (χ1n) is 5.97. The van der Waals surface area contributed by atoms with Crippen LogP contribution < -0.4 is 0 Å². The molecule has 1 unspecified atom stereocenters. The highest BCUT2D eigenvalue weighted by Gasteiger charge is 2.55. The summed E-state index contributed by atoms with van der Waals surface area (Å²) < 4.78 is 28.2. The third-order valence-electron chi connectivity index (χ3n) is 3.11. The maximum Gasteiger partial charge on any atom is 0.273 e. The van der Waals surface area contributed by atoms with Crippen LogP contribution in [0.3, 0.4) is 0 Å². The Kier molecular flexibility index (Phi) is 4.76. The second-order valence-corrected chi connectivity index (χ2v) is 6.81. The Morgan fingerprint density at radius 3 is 2.50 bits per heavy atom. The molecule has 1 saturated carbocycles. The molecule has 0 aromatic heterocycles. The zero-order valence-electron chi connectivity index (χ0n) is 10.1. The maximum absolute atomic E-state index is 11.9. The highest BCUT2D eigenvalue weighted by atomic mass is 32.2. The molecule has 1 N–H and O–H groups in total. The van der Waals surface area contributed by atoms with Gasteiger partial charge in [0.05, 0.1) is 11.4 Å². The smallest absolute Gasteiger partial charge is 0.273 e. The third-order valence-corrected chi connectivity index (χ3v) is 5.22. The quantitative estimate of drug-likeness (QED) is 0.526. The van der Waals surface area contributed by atoms with Crippen molar-refractivity contribution in [3.8, 4) is 0 Å². The van der Waals surface area contributed by atoms with Crippen LogP contribution in [-0.2, 0) is 14.3 Å². The van der Waals surface area contributed by atoms with E-state index in [9.17, 15) is 8.42 Å². The van der Waals surface area contributed by atoms with Crippen LogP contribution in [0, 0.1) is 5.92 Å². The summed E-state index contributed by atoms with van der Waals surface area (Å²) in [6, 6.07) is 0. The molecule has 0 aromatic carbocycles. The molecule has 0 amide bonds. The van der Waals surface area contributed by atoms with Crippen LogP contribution in [-0.4, -0.2) is 31.5 Å². The van der Waals surface area contributed by atoms with Crippen LogP contribution in [0.15, 0.2) is 0 Å². The van der Waals surface area contributed by atoms with Crippen molar-refractivity contribution in [2.75, 3.05) is 13.2 Å². The number of unbranched alkanes of at least 4 members (excludes halogenated alkanes) is 1. The van der Waals surface area contributed by atoms with E-state index in [2.05, 4.69) is 0 Å². The number of hydrogen-bond acceptors (Lipinski definition) is 4. The predicted molar refractivity (Wildman–Crippen MR) is 62.6 cm³/mol. The van der Waals surface area contributed by atoms with Crippen LogP contribution in [0.4, 0.5) is 0 Å². The van der Waals surface area contributed by atoms with Gasteiger partial charge in [-0.1, -0.05) is 20.3 Å². The van der Waals surface area contributed by atoms with Gasteiger partial charge in [-0.3, -0.25) is 4.18 Å². The van der Waals surface area contributed by atoms with Crippen molar-refractivity contribution in [3.63, 3.8) is 0 Å². The fourth-order valence-corrected chi connectivity index (χ4v) is 3.51. The van der Waals surface area contributed by atoms with Crippen LogP contribution in [0.25, 0.3) is 0 Å². The molecule has 0 saturated heterocycles. The Morgan fingerprint density at radius 1 is 1.44 bits per heavy atom. The van der Waals surface area contributed by atoms with Crippen molar-refractivity contribution in [2.45, 2.75) is 50.7 Å². The van der Waals surface area contributed by atoms with E-state index >= 15 is 0 Å². The molecule has 0 radical (unpaired) electrons.